The van der Waals surface area contributed by atoms with Crippen LogP contribution < -0.4 is 0 Å². The van der Waals surface area contributed by atoms with Crippen molar-refractivity contribution in [3.8, 4) is 67.5 Å². The third-order valence-electron chi connectivity index (χ3n) is 12.3. The first kappa shape index (κ1) is 36.1. The molecule has 282 valence electrons. The molecule has 0 aliphatic heterocycles. The zero-order chi connectivity index (χ0) is 39.6. The van der Waals surface area contributed by atoms with Gasteiger partial charge in [0.1, 0.15) is 0 Å². The van der Waals surface area contributed by atoms with Crippen molar-refractivity contribution in [3.05, 3.63) is 174 Å². The van der Waals surface area contributed by atoms with Gasteiger partial charge in [-0.1, -0.05) is 161 Å². The predicted molar refractivity (Wildman–Crippen MR) is 245 cm³/mol. The minimum absolute atomic E-state index is 0.0835. The van der Waals surface area contributed by atoms with Gasteiger partial charge in [-0.3, -0.25) is 0 Å². The molecule has 0 radical (unpaired) electrons. The quantitative estimate of drug-likeness (QED) is 0.169. The topological polar surface area (TPSA) is 38.7 Å². The van der Waals surface area contributed by atoms with Crippen LogP contribution in [0.15, 0.2) is 158 Å². The molecule has 0 fully saturated rings. The third kappa shape index (κ3) is 6.42. The van der Waals surface area contributed by atoms with Crippen LogP contribution in [0.3, 0.4) is 0 Å². The molecule has 58 heavy (non-hydrogen) atoms. The summed E-state index contributed by atoms with van der Waals surface area (Å²) in [5.41, 5.74) is 14.4. The molecule has 0 saturated heterocycles. The SMILES string of the molecule is Cc1cc2c(cc1-c1cc(-c3nc(-c4ccccc4)nc(-c4ccc(-c5ccccc5)cc4)n3)cc(-c3cccc4c3sc3ccccc34)c1)C(C)(C)CCC2(C)C. The zero-order valence-corrected chi connectivity index (χ0v) is 34.5. The molecule has 0 spiro atoms. The highest BCUT2D eigenvalue weighted by Gasteiger charge is 2.37. The fourth-order valence-corrected chi connectivity index (χ4v) is 10.1. The van der Waals surface area contributed by atoms with Gasteiger partial charge in [-0.05, 0) is 105 Å². The smallest absolute Gasteiger partial charge is 0.164 e. The first-order chi connectivity index (χ1) is 28.1. The van der Waals surface area contributed by atoms with E-state index in [1.807, 2.05) is 35.6 Å². The van der Waals surface area contributed by atoms with Crippen LogP contribution in [-0.4, -0.2) is 15.0 Å². The Bertz CT molecular complexity index is 2990. The van der Waals surface area contributed by atoms with Gasteiger partial charge in [-0.15, -0.1) is 11.3 Å². The Morgan fingerprint density at radius 1 is 0.414 bits per heavy atom. The van der Waals surface area contributed by atoms with Crippen molar-refractivity contribution >= 4 is 31.5 Å². The number of nitrogens with zero attached hydrogens (tertiary/aromatic N) is 3. The molecule has 0 unspecified atom stereocenters. The van der Waals surface area contributed by atoms with Crippen molar-refractivity contribution in [2.24, 2.45) is 0 Å². The number of aromatic nitrogens is 3. The molecule has 2 heterocycles. The van der Waals surface area contributed by atoms with Crippen LogP contribution in [0.25, 0.3) is 87.7 Å². The lowest BCUT2D eigenvalue weighted by Gasteiger charge is -2.42. The molecule has 3 nitrogen and oxygen atoms in total. The largest absolute Gasteiger partial charge is 0.208 e. The fraction of sp³-hybridized carbons (Fsp3) is 0.167. The van der Waals surface area contributed by atoms with Crippen LogP contribution in [-0.2, 0) is 10.8 Å². The van der Waals surface area contributed by atoms with Crippen molar-refractivity contribution in [2.75, 3.05) is 0 Å². The summed E-state index contributed by atoms with van der Waals surface area (Å²) in [6.07, 6.45) is 2.35. The highest BCUT2D eigenvalue weighted by molar-refractivity contribution is 7.26. The van der Waals surface area contributed by atoms with Crippen LogP contribution in [0.1, 0.15) is 57.2 Å². The maximum absolute atomic E-state index is 5.28. The van der Waals surface area contributed by atoms with Gasteiger partial charge >= 0.3 is 0 Å². The third-order valence-corrected chi connectivity index (χ3v) is 13.6. The van der Waals surface area contributed by atoms with Crippen LogP contribution in [0.2, 0.25) is 0 Å². The summed E-state index contributed by atoms with van der Waals surface area (Å²) in [7, 11) is 0. The average Bonchev–Trinajstić information content (AvgIpc) is 3.65. The highest BCUT2D eigenvalue weighted by atomic mass is 32.1. The average molecular weight is 768 g/mol. The molecule has 1 aliphatic rings. The standard InChI is InChI=1S/C54H45N3S/c1-34-29-46-47(54(4,5)28-27-53(46,2)3)33-45(34)40-30-39(42-20-14-21-44-43-19-12-13-22-48(43)58-49(42)44)31-41(32-40)52-56-50(37-17-10-7-11-18-37)55-51(57-52)38-25-23-36(24-26-38)35-15-8-6-9-16-35/h6-26,29-33H,27-28H2,1-5H3. The van der Waals surface area contributed by atoms with Crippen molar-refractivity contribution in [3.63, 3.8) is 0 Å². The molecule has 0 atom stereocenters. The van der Waals surface area contributed by atoms with Crippen LogP contribution in [0.5, 0.6) is 0 Å². The Balaban J connectivity index is 1.21. The van der Waals surface area contributed by atoms with Gasteiger partial charge in [0, 0.05) is 36.9 Å². The van der Waals surface area contributed by atoms with Crippen LogP contribution >= 0.6 is 11.3 Å². The van der Waals surface area contributed by atoms with Gasteiger partial charge in [0.2, 0.25) is 0 Å². The highest BCUT2D eigenvalue weighted by Crippen LogP contribution is 2.49. The molecule has 0 bridgehead atoms. The molecule has 2 aromatic heterocycles. The van der Waals surface area contributed by atoms with E-state index in [2.05, 4.69) is 168 Å². The van der Waals surface area contributed by atoms with E-state index in [-0.39, 0.29) is 10.8 Å². The predicted octanol–water partition coefficient (Wildman–Crippen LogP) is 14.9. The molecular weight excluding hydrogens is 723 g/mol. The number of benzene rings is 7. The first-order valence-electron chi connectivity index (χ1n) is 20.3. The van der Waals surface area contributed by atoms with Crippen LogP contribution in [0, 0.1) is 6.92 Å². The van der Waals surface area contributed by atoms with Gasteiger partial charge in [-0.2, -0.15) is 0 Å². The summed E-state index contributed by atoms with van der Waals surface area (Å²) in [6, 6.07) is 56.7. The van der Waals surface area contributed by atoms with Crippen molar-refractivity contribution < 1.29 is 0 Å². The maximum Gasteiger partial charge on any atom is 0.164 e. The first-order valence-corrected chi connectivity index (χ1v) is 21.1. The van der Waals surface area contributed by atoms with E-state index in [9.17, 15) is 0 Å². The normalized spacial score (nSPS) is 14.4. The molecule has 4 heteroatoms. The van der Waals surface area contributed by atoms with E-state index >= 15 is 0 Å². The molecule has 9 aromatic rings. The molecule has 7 aromatic carbocycles. The number of thiophene rings is 1. The Hall–Kier alpha value is -6.23. The molecule has 0 N–H and O–H groups in total. The van der Waals surface area contributed by atoms with E-state index in [0.29, 0.717) is 17.5 Å². The van der Waals surface area contributed by atoms with Gasteiger partial charge in [0.25, 0.3) is 0 Å². The molecular formula is C54H45N3S. The summed E-state index contributed by atoms with van der Waals surface area (Å²) >= 11 is 1.87. The van der Waals surface area contributed by atoms with Crippen molar-refractivity contribution in [1.82, 2.24) is 15.0 Å². The Labute approximate surface area is 345 Å². The van der Waals surface area contributed by atoms with Gasteiger partial charge in [0.15, 0.2) is 17.5 Å². The minimum Gasteiger partial charge on any atom is -0.208 e. The fourth-order valence-electron chi connectivity index (χ4n) is 8.87. The van der Waals surface area contributed by atoms with Crippen molar-refractivity contribution in [2.45, 2.75) is 58.3 Å². The van der Waals surface area contributed by atoms with Crippen LogP contribution in [0.4, 0.5) is 0 Å². The number of hydrogen-bond donors (Lipinski definition) is 0. The summed E-state index contributed by atoms with van der Waals surface area (Å²) in [6.45, 7) is 11.9. The van der Waals surface area contributed by atoms with E-state index in [4.69, 9.17) is 15.0 Å². The van der Waals surface area contributed by atoms with Gasteiger partial charge in [-0.25, -0.2) is 15.0 Å². The number of hydrogen-bond acceptors (Lipinski definition) is 4. The number of rotatable bonds is 6. The van der Waals surface area contributed by atoms with E-state index in [0.717, 1.165) is 34.2 Å². The van der Waals surface area contributed by atoms with E-state index in [1.165, 1.54) is 65.5 Å². The zero-order valence-electron chi connectivity index (χ0n) is 33.7. The Kier molecular flexibility index (Phi) is 8.72. The number of fused-ring (bicyclic) bond motifs is 4. The molecule has 10 rings (SSSR count). The molecule has 1 aliphatic carbocycles. The second-order valence-electron chi connectivity index (χ2n) is 17.2. The molecule has 0 saturated carbocycles. The summed E-state index contributed by atoms with van der Waals surface area (Å²) in [4.78, 5) is 15.6. The summed E-state index contributed by atoms with van der Waals surface area (Å²) < 4.78 is 2.58. The second kappa shape index (κ2) is 14.0. The van der Waals surface area contributed by atoms with E-state index in [1.54, 1.807) is 0 Å². The minimum atomic E-state index is 0.0835. The number of aryl methyl sites for hydroxylation is 1. The second-order valence-corrected chi connectivity index (χ2v) is 18.2. The van der Waals surface area contributed by atoms with E-state index < -0.39 is 0 Å². The lowest BCUT2D eigenvalue weighted by atomic mass is 9.62. The monoisotopic (exact) mass is 767 g/mol. The van der Waals surface area contributed by atoms with Gasteiger partial charge in [0.05, 0.1) is 0 Å². The maximum atomic E-state index is 5.28. The van der Waals surface area contributed by atoms with Gasteiger partial charge < -0.3 is 0 Å². The Morgan fingerprint density at radius 3 is 1.57 bits per heavy atom. The lowest BCUT2D eigenvalue weighted by molar-refractivity contribution is 0.332. The summed E-state index contributed by atoms with van der Waals surface area (Å²) in [5, 5.41) is 2.58. The lowest BCUT2D eigenvalue weighted by Crippen LogP contribution is -2.34. The summed E-state index contributed by atoms with van der Waals surface area (Å²) in [5.74, 6) is 1.95. The molecule has 0 amide bonds. The van der Waals surface area contributed by atoms with Crippen molar-refractivity contribution in [1.29, 1.82) is 0 Å². The Morgan fingerprint density at radius 2 is 0.897 bits per heavy atom.